The van der Waals surface area contributed by atoms with Crippen LogP contribution in [0.5, 0.6) is 0 Å². The number of nitrogens with one attached hydrogen (secondary N) is 3. The first-order valence-corrected chi connectivity index (χ1v) is 11.0. The highest BCUT2D eigenvalue weighted by molar-refractivity contribution is 7.80. The van der Waals surface area contributed by atoms with Gasteiger partial charge in [-0.1, -0.05) is 12.1 Å². The first kappa shape index (κ1) is 21.9. The Balaban J connectivity index is 1.72. The van der Waals surface area contributed by atoms with E-state index in [1.807, 2.05) is 26.0 Å². The van der Waals surface area contributed by atoms with E-state index in [2.05, 4.69) is 74.4 Å². The van der Waals surface area contributed by atoms with Crippen LogP contribution in [0.15, 0.2) is 46.8 Å². The third kappa shape index (κ3) is 6.89. The minimum absolute atomic E-state index is 0.451. The molecule has 6 nitrogen and oxygen atoms in total. The quantitative estimate of drug-likeness (QED) is 0.303. The van der Waals surface area contributed by atoms with Crippen LogP contribution in [0.2, 0.25) is 0 Å². The van der Waals surface area contributed by atoms with Gasteiger partial charge in [0.05, 0.1) is 0 Å². The van der Waals surface area contributed by atoms with Crippen LogP contribution < -0.4 is 16.0 Å². The van der Waals surface area contributed by atoms with Crippen molar-refractivity contribution in [3.63, 3.8) is 0 Å². The van der Waals surface area contributed by atoms with E-state index in [1.54, 1.807) is 11.3 Å². The van der Waals surface area contributed by atoms with E-state index in [-0.39, 0.29) is 0 Å². The Labute approximate surface area is 186 Å². The van der Waals surface area contributed by atoms with Gasteiger partial charge < -0.3 is 10.6 Å². The second-order valence-corrected chi connectivity index (χ2v) is 8.56. The molecule has 3 aromatic rings. The molecule has 0 amide bonds. The fourth-order valence-corrected chi connectivity index (χ4v) is 3.96. The smallest absolute Gasteiger partial charge is 0.229 e. The molecule has 30 heavy (non-hydrogen) atoms. The summed E-state index contributed by atoms with van der Waals surface area (Å²) in [6, 6.07) is 12.3. The number of anilines is 2. The number of aromatic nitrogens is 2. The number of aliphatic imine (C=N–C) groups is 1. The summed E-state index contributed by atoms with van der Waals surface area (Å²) in [5.74, 6) is 1.00. The number of hydrogen-bond acceptors (Lipinski definition) is 5. The van der Waals surface area contributed by atoms with Gasteiger partial charge in [-0.2, -0.15) is 0 Å². The van der Waals surface area contributed by atoms with Gasteiger partial charge in [0.15, 0.2) is 5.11 Å². The molecule has 0 aliphatic heterocycles. The molecule has 0 saturated heterocycles. The van der Waals surface area contributed by atoms with E-state index >= 15 is 0 Å². The van der Waals surface area contributed by atoms with Crippen molar-refractivity contribution < 1.29 is 0 Å². The van der Waals surface area contributed by atoms with Gasteiger partial charge in [-0.05, 0) is 80.7 Å². The third-order valence-electron chi connectivity index (χ3n) is 4.13. The van der Waals surface area contributed by atoms with Crippen molar-refractivity contribution in [1.29, 1.82) is 0 Å². The van der Waals surface area contributed by atoms with Crippen LogP contribution in [0.25, 0.3) is 0 Å². The van der Waals surface area contributed by atoms with Crippen LogP contribution in [0.3, 0.4) is 0 Å². The zero-order chi connectivity index (χ0) is 21.5. The highest BCUT2D eigenvalue weighted by Crippen LogP contribution is 2.14. The summed E-state index contributed by atoms with van der Waals surface area (Å²) in [5.41, 5.74) is 5.06. The summed E-state index contributed by atoms with van der Waals surface area (Å²) >= 11 is 7.24. The van der Waals surface area contributed by atoms with Crippen molar-refractivity contribution in [2.75, 3.05) is 17.2 Å². The summed E-state index contributed by atoms with van der Waals surface area (Å²) in [6.07, 6.45) is 0.857. The summed E-state index contributed by atoms with van der Waals surface area (Å²) < 4.78 is 0. The second-order valence-electron chi connectivity index (χ2n) is 7.11. The van der Waals surface area contributed by atoms with E-state index in [9.17, 15) is 0 Å². The van der Waals surface area contributed by atoms with Gasteiger partial charge in [-0.3, -0.25) is 10.3 Å². The van der Waals surface area contributed by atoms with Crippen molar-refractivity contribution in [2.24, 2.45) is 4.99 Å². The maximum atomic E-state index is 5.51. The van der Waals surface area contributed by atoms with Crippen molar-refractivity contribution in [3.8, 4) is 0 Å². The zero-order valence-corrected chi connectivity index (χ0v) is 19.2. The lowest BCUT2D eigenvalue weighted by atomic mass is 10.1. The van der Waals surface area contributed by atoms with Crippen molar-refractivity contribution >= 4 is 46.3 Å². The summed E-state index contributed by atoms with van der Waals surface area (Å²) in [5, 5.41) is 12.1. The predicted octanol–water partition coefficient (Wildman–Crippen LogP) is 4.77. The molecule has 0 spiro atoms. The standard InChI is InChI=1S/C22H26N6S2/c1-14-10-15(2)12-18(11-14)26-22(29)28-20(23-8-7-19-6-5-9-30-19)27-21-24-16(3)13-17(4)25-21/h5-6,9-13H,7-8H2,1-4H3,(H3,23,24,25,26,27,28,29). The van der Waals surface area contributed by atoms with Gasteiger partial charge in [0.1, 0.15) is 0 Å². The molecule has 1 aromatic carbocycles. The maximum Gasteiger partial charge on any atom is 0.229 e. The van der Waals surface area contributed by atoms with Gasteiger partial charge >= 0.3 is 0 Å². The lowest BCUT2D eigenvalue weighted by molar-refractivity contribution is 0.973. The van der Waals surface area contributed by atoms with E-state index in [4.69, 9.17) is 12.2 Å². The van der Waals surface area contributed by atoms with E-state index < -0.39 is 0 Å². The lowest BCUT2D eigenvalue weighted by Gasteiger charge is -2.15. The molecule has 3 rings (SSSR count). The number of thiophene rings is 1. The molecule has 156 valence electrons. The van der Waals surface area contributed by atoms with Gasteiger partial charge in [-0.25, -0.2) is 9.97 Å². The molecule has 0 saturated carbocycles. The normalized spacial score (nSPS) is 11.3. The molecule has 2 heterocycles. The minimum Gasteiger partial charge on any atom is -0.332 e. The lowest BCUT2D eigenvalue weighted by Crippen LogP contribution is -2.39. The molecule has 0 atom stereocenters. The number of guanidine groups is 1. The first-order valence-electron chi connectivity index (χ1n) is 9.70. The number of thiocarbonyl (C=S) groups is 1. The van der Waals surface area contributed by atoms with Gasteiger partial charge in [0.25, 0.3) is 0 Å². The van der Waals surface area contributed by atoms with Crippen molar-refractivity contribution in [1.82, 2.24) is 15.3 Å². The third-order valence-corrected chi connectivity index (χ3v) is 5.27. The SMILES string of the molecule is Cc1cc(C)cc(NC(=S)NC(=NCCc2cccs2)Nc2nc(C)cc(C)n2)c1. The van der Waals surface area contributed by atoms with E-state index in [0.29, 0.717) is 23.6 Å². The fraction of sp³-hybridized carbons (Fsp3) is 0.273. The highest BCUT2D eigenvalue weighted by Gasteiger charge is 2.08. The Kier molecular flexibility index (Phi) is 7.48. The van der Waals surface area contributed by atoms with Crippen LogP contribution in [-0.4, -0.2) is 27.6 Å². The van der Waals surface area contributed by atoms with Crippen LogP contribution in [0.4, 0.5) is 11.6 Å². The average Bonchev–Trinajstić information content (AvgIpc) is 3.13. The summed E-state index contributed by atoms with van der Waals surface area (Å²) in [6.45, 7) is 8.61. The average molecular weight is 439 g/mol. The summed E-state index contributed by atoms with van der Waals surface area (Å²) in [4.78, 5) is 14.8. The second kappa shape index (κ2) is 10.3. The van der Waals surface area contributed by atoms with Gasteiger partial charge in [0, 0.05) is 34.9 Å². The summed E-state index contributed by atoms with van der Waals surface area (Å²) in [7, 11) is 0. The molecule has 0 bridgehead atoms. The first-order chi connectivity index (χ1) is 14.4. The number of rotatable bonds is 5. The Morgan fingerprint density at radius 1 is 1.00 bits per heavy atom. The number of nitrogens with zero attached hydrogens (tertiary/aromatic N) is 3. The Hall–Kier alpha value is -2.84. The molecule has 0 fully saturated rings. The van der Waals surface area contributed by atoms with Crippen molar-refractivity contribution in [3.05, 3.63) is 69.2 Å². The number of aryl methyl sites for hydroxylation is 4. The number of benzene rings is 1. The molecular formula is C22H26N6S2. The van der Waals surface area contributed by atoms with Crippen LogP contribution in [0, 0.1) is 27.7 Å². The molecule has 0 aliphatic rings. The molecular weight excluding hydrogens is 412 g/mol. The zero-order valence-electron chi connectivity index (χ0n) is 17.6. The molecule has 0 radical (unpaired) electrons. The van der Waals surface area contributed by atoms with Gasteiger partial charge in [-0.15, -0.1) is 11.3 Å². The minimum atomic E-state index is 0.451. The predicted molar refractivity (Wildman–Crippen MR) is 131 cm³/mol. The fourth-order valence-electron chi connectivity index (χ4n) is 3.05. The largest absolute Gasteiger partial charge is 0.332 e. The van der Waals surface area contributed by atoms with Crippen LogP contribution >= 0.6 is 23.6 Å². The van der Waals surface area contributed by atoms with Crippen LogP contribution in [0.1, 0.15) is 27.4 Å². The molecule has 0 unspecified atom stereocenters. The molecule has 3 N–H and O–H groups in total. The van der Waals surface area contributed by atoms with E-state index in [1.165, 1.54) is 16.0 Å². The Bertz CT molecular complexity index is 1000. The Morgan fingerprint density at radius 2 is 1.70 bits per heavy atom. The number of hydrogen-bond donors (Lipinski definition) is 3. The topological polar surface area (TPSA) is 74.2 Å². The van der Waals surface area contributed by atoms with Crippen LogP contribution in [-0.2, 0) is 6.42 Å². The molecule has 2 aromatic heterocycles. The molecule has 0 aliphatic carbocycles. The van der Waals surface area contributed by atoms with Gasteiger partial charge in [0.2, 0.25) is 11.9 Å². The Morgan fingerprint density at radius 3 is 2.33 bits per heavy atom. The highest BCUT2D eigenvalue weighted by atomic mass is 32.1. The van der Waals surface area contributed by atoms with E-state index in [0.717, 1.165) is 23.5 Å². The molecule has 8 heteroatoms. The monoisotopic (exact) mass is 438 g/mol. The van der Waals surface area contributed by atoms with Crippen molar-refractivity contribution in [2.45, 2.75) is 34.1 Å². The maximum absolute atomic E-state index is 5.51.